The summed E-state index contributed by atoms with van der Waals surface area (Å²) in [5, 5.41) is 12.9. The molecule has 0 bridgehead atoms. The summed E-state index contributed by atoms with van der Waals surface area (Å²) in [5.41, 5.74) is 0.675. The molecule has 1 aromatic rings. The van der Waals surface area contributed by atoms with Crippen LogP contribution in [0.15, 0.2) is 6.20 Å². The highest BCUT2D eigenvalue weighted by Gasteiger charge is 2.19. The first-order valence-electron chi connectivity index (χ1n) is 6.13. The number of aromatic carboxylic acids is 1. The SMILES string of the molecule is Cc1c(C(=O)O)cnn1CC(=O)N1CCCCC1. The third-order valence-corrected chi connectivity index (χ3v) is 3.33. The van der Waals surface area contributed by atoms with Crippen LogP contribution < -0.4 is 0 Å². The first-order chi connectivity index (χ1) is 8.59. The van der Waals surface area contributed by atoms with Crippen molar-refractivity contribution < 1.29 is 14.7 Å². The van der Waals surface area contributed by atoms with Gasteiger partial charge in [0.25, 0.3) is 0 Å². The Morgan fingerprint density at radius 2 is 2.00 bits per heavy atom. The molecule has 0 spiro atoms. The molecule has 1 aliphatic rings. The maximum atomic E-state index is 12.0. The number of nitrogens with zero attached hydrogens (tertiary/aromatic N) is 3. The number of hydrogen-bond donors (Lipinski definition) is 1. The van der Waals surface area contributed by atoms with Crippen molar-refractivity contribution >= 4 is 11.9 Å². The minimum absolute atomic E-state index is 0.0119. The fourth-order valence-electron chi connectivity index (χ4n) is 2.19. The maximum absolute atomic E-state index is 12.0. The molecule has 0 radical (unpaired) electrons. The van der Waals surface area contributed by atoms with Gasteiger partial charge in [0.15, 0.2) is 0 Å². The zero-order valence-corrected chi connectivity index (χ0v) is 10.4. The molecule has 0 saturated carbocycles. The van der Waals surface area contributed by atoms with Gasteiger partial charge in [-0.1, -0.05) is 0 Å². The first-order valence-corrected chi connectivity index (χ1v) is 6.13. The number of aromatic nitrogens is 2. The van der Waals surface area contributed by atoms with Gasteiger partial charge in [0.05, 0.1) is 11.9 Å². The van der Waals surface area contributed by atoms with Crippen LogP contribution in [0.2, 0.25) is 0 Å². The van der Waals surface area contributed by atoms with Crippen molar-refractivity contribution in [3.05, 3.63) is 17.5 Å². The van der Waals surface area contributed by atoms with E-state index in [-0.39, 0.29) is 18.0 Å². The van der Waals surface area contributed by atoms with Gasteiger partial charge in [-0.2, -0.15) is 5.10 Å². The van der Waals surface area contributed by atoms with E-state index < -0.39 is 5.97 Å². The molecule has 1 aromatic heterocycles. The van der Waals surface area contributed by atoms with Crippen molar-refractivity contribution in [2.45, 2.75) is 32.7 Å². The highest BCUT2D eigenvalue weighted by Crippen LogP contribution is 2.11. The number of rotatable bonds is 3. The van der Waals surface area contributed by atoms with Crippen LogP contribution in [0.1, 0.15) is 35.3 Å². The second-order valence-electron chi connectivity index (χ2n) is 4.55. The summed E-state index contributed by atoms with van der Waals surface area (Å²) in [4.78, 5) is 24.7. The summed E-state index contributed by atoms with van der Waals surface area (Å²) < 4.78 is 1.46. The average molecular weight is 251 g/mol. The molecule has 0 aliphatic carbocycles. The fraction of sp³-hybridized carbons (Fsp3) is 0.583. The summed E-state index contributed by atoms with van der Waals surface area (Å²) in [7, 11) is 0. The number of carbonyl (C=O) groups excluding carboxylic acids is 1. The van der Waals surface area contributed by atoms with Crippen LogP contribution in [0.25, 0.3) is 0 Å². The minimum atomic E-state index is -1.01. The van der Waals surface area contributed by atoms with E-state index >= 15 is 0 Å². The number of carboxylic acid groups (broad SMARTS) is 1. The van der Waals surface area contributed by atoms with Crippen LogP contribution >= 0.6 is 0 Å². The Morgan fingerprint density at radius 3 is 2.56 bits per heavy atom. The topological polar surface area (TPSA) is 75.4 Å². The van der Waals surface area contributed by atoms with Crippen LogP contribution in [-0.2, 0) is 11.3 Å². The Bertz CT molecular complexity index is 461. The van der Waals surface area contributed by atoms with E-state index in [1.54, 1.807) is 6.92 Å². The molecule has 1 fully saturated rings. The van der Waals surface area contributed by atoms with Gasteiger partial charge in [0.1, 0.15) is 12.1 Å². The zero-order chi connectivity index (χ0) is 13.1. The molecular weight excluding hydrogens is 234 g/mol. The fourth-order valence-corrected chi connectivity index (χ4v) is 2.19. The Labute approximate surface area is 105 Å². The molecule has 0 atom stereocenters. The minimum Gasteiger partial charge on any atom is -0.478 e. The number of piperidine rings is 1. The number of carboxylic acids is 1. The molecule has 98 valence electrons. The lowest BCUT2D eigenvalue weighted by atomic mass is 10.1. The van der Waals surface area contributed by atoms with E-state index in [1.807, 2.05) is 4.90 Å². The van der Waals surface area contributed by atoms with Crippen molar-refractivity contribution in [2.75, 3.05) is 13.1 Å². The molecule has 1 saturated heterocycles. The summed E-state index contributed by atoms with van der Waals surface area (Å²) in [6.07, 6.45) is 4.56. The van der Waals surface area contributed by atoms with Crippen LogP contribution in [0.3, 0.4) is 0 Å². The van der Waals surface area contributed by atoms with E-state index in [4.69, 9.17) is 5.11 Å². The van der Waals surface area contributed by atoms with Crippen molar-refractivity contribution in [1.29, 1.82) is 0 Å². The van der Waals surface area contributed by atoms with E-state index in [9.17, 15) is 9.59 Å². The normalized spacial score (nSPS) is 15.7. The summed E-state index contributed by atoms with van der Waals surface area (Å²) >= 11 is 0. The second-order valence-corrected chi connectivity index (χ2v) is 4.55. The zero-order valence-electron chi connectivity index (χ0n) is 10.4. The van der Waals surface area contributed by atoms with Crippen LogP contribution in [0.4, 0.5) is 0 Å². The predicted octanol–water partition coefficient (Wildman–Crippen LogP) is 0.902. The highest BCUT2D eigenvalue weighted by molar-refractivity contribution is 5.88. The summed E-state index contributed by atoms with van der Waals surface area (Å²) in [6.45, 7) is 3.38. The number of hydrogen-bond acceptors (Lipinski definition) is 3. The van der Waals surface area contributed by atoms with E-state index in [0.29, 0.717) is 5.69 Å². The van der Waals surface area contributed by atoms with Crippen LogP contribution in [-0.4, -0.2) is 44.8 Å². The third kappa shape index (κ3) is 2.52. The van der Waals surface area contributed by atoms with Crippen molar-refractivity contribution in [1.82, 2.24) is 14.7 Å². The van der Waals surface area contributed by atoms with Gasteiger partial charge in [0, 0.05) is 13.1 Å². The second kappa shape index (κ2) is 5.20. The Hall–Kier alpha value is -1.85. The van der Waals surface area contributed by atoms with E-state index in [0.717, 1.165) is 25.9 Å². The van der Waals surface area contributed by atoms with Gasteiger partial charge in [-0.05, 0) is 26.2 Å². The van der Waals surface area contributed by atoms with E-state index in [1.165, 1.54) is 17.3 Å². The largest absolute Gasteiger partial charge is 0.478 e. The lowest BCUT2D eigenvalue weighted by molar-refractivity contribution is -0.132. The molecule has 1 aliphatic heterocycles. The number of carbonyl (C=O) groups is 2. The van der Waals surface area contributed by atoms with Gasteiger partial charge in [0.2, 0.25) is 5.91 Å². The number of amides is 1. The first kappa shape index (κ1) is 12.6. The molecule has 1 N–H and O–H groups in total. The van der Waals surface area contributed by atoms with Gasteiger partial charge in [-0.3, -0.25) is 9.48 Å². The Kier molecular flexibility index (Phi) is 3.64. The standard InChI is InChI=1S/C12H17N3O3/c1-9-10(12(17)18)7-13-15(9)8-11(16)14-5-3-2-4-6-14/h7H,2-6,8H2,1H3,(H,17,18). The predicted molar refractivity (Wildman–Crippen MR) is 64.4 cm³/mol. The van der Waals surface area contributed by atoms with Gasteiger partial charge in [-0.15, -0.1) is 0 Å². The van der Waals surface area contributed by atoms with Crippen LogP contribution in [0.5, 0.6) is 0 Å². The quantitative estimate of drug-likeness (QED) is 0.866. The molecule has 0 aromatic carbocycles. The lowest BCUT2D eigenvalue weighted by Crippen LogP contribution is -2.38. The van der Waals surface area contributed by atoms with Crippen molar-refractivity contribution in [3.63, 3.8) is 0 Å². The van der Waals surface area contributed by atoms with Crippen LogP contribution in [0, 0.1) is 6.92 Å². The molecule has 6 nitrogen and oxygen atoms in total. The Morgan fingerprint density at radius 1 is 1.33 bits per heavy atom. The smallest absolute Gasteiger partial charge is 0.339 e. The lowest BCUT2D eigenvalue weighted by Gasteiger charge is -2.26. The monoisotopic (exact) mass is 251 g/mol. The molecule has 2 rings (SSSR count). The van der Waals surface area contributed by atoms with Gasteiger partial charge >= 0.3 is 5.97 Å². The summed E-state index contributed by atoms with van der Waals surface area (Å²) in [5.74, 6) is -0.998. The number of likely N-dealkylation sites (tertiary alicyclic amines) is 1. The maximum Gasteiger partial charge on any atom is 0.339 e. The Balaban J connectivity index is 2.04. The highest BCUT2D eigenvalue weighted by atomic mass is 16.4. The summed E-state index contributed by atoms with van der Waals surface area (Å²) in [6, 6.07) is 0. The molecule has 1 amide bonds. The third-order valence-electron chi connectivity index (χ3n) is 3.33. The molecule has 2 heterocycles. The van der Waals surface area contributed by atoms with Gasteiger partial charge in [-0.25, -0.2) is 4.79 Å². The van der Waals surface area contributed by atoms with Gasteiger partial charge < -0.3 is 10.0 Å². The average Bonchev–Trinajstić information content (AvgIpc) is 2.72. The molecular formula is C12H17N3O3. The molecule has 6 heteroatoms. The van der Waals surface area contributed by atoms with Crippen molar-refractivity contribution in [2.24, 2.45) is 0 Å². The van der Waals surface area contributed by atoms with Crippen molar-refractivity contribution in [3.8, 4) is 0 Å². The van der Waals surface area contributed by atoms with E-state index in [2.05, 4.69) is 5.10 Å². The molecule has 0 unspecified atom stereocenters. The molecule has 18 heavy (non-hydrogen) atoms.